The molecule has 0 aromatic heterocycles. The number of benzene rings is 2. The van der Waals surface area contributed by atoms with E-state index in [2.05, 4.69) is 5.32 Å². The molecule has 5 heteroatoms. The van der Waals surface area contributed by atoms with Gasteiger partial charge in [-0.2, -0.15) is 0 Å². The number of carbonyl (C=O) groups excluding carboxylic acids is 2. The van der Waals surface area contributed by atoms with Crippen LogP contribution in [-0.2, 0) is 4.79 Å². The van der Waals surface area contributed by atoms with Crippen LogP contribution in [0.3, 0.4) is 0 Å². The molecule has 0 radical (unpaired) electrons. The van der Waals surface area contributed by atoms with Crippen LogP contribution in [0.5, 0.6) is 11.5 Å². The molecule has 0 atom stereocenters. The molecule has 1 N–H and O–H groups in total. The molecule has 114 valence electrons. The van der Waals surface area contributed by atoms with Crippen molar-refractivity contribution >= 4 is 17.6 Å². The van der Waals surface area contributed by atoms with E-state index in [1.807, 2.05) is 6.92 Å². The third-order valence-electron chi connectivity index (χ3n) is 2.77. The van der Waals surface area contributed by atoms with Crippen molar-refractivity contribution in [3.05, 3.63) is 54.1 Å². The number of amides is 1. The number of esters is 1. The Morgan fingerprint density at radius 2 is 1.77 bits per heavy atom. The van der Waals surface area contributed by atoms with E-state index >= 15 is 0 Å². The summed E-state index contributed by atoms with van der Waals surface area (Å²) in [7, 11) is 0. The molecule has 0 unspecified atom stereocenters. The van der Waals surface area contributed by atoms with Gasteiger partial charge in [-0.05, 0) is 37.3 Å². The number of hydrogen-bond donors (Lipinski definition) is 1. The summed E-state index contributed by atoms with van der Waals surface area (Å²) in [5.41, 5.74) is 0.887. The van der Waals surface area contributed by atoms with Crippen LogP contribution in [-0.4, -0.2) is 18.5 Å². The fourth-order valence-electron chi connectivity index (χ4n) is 1.90. The van der Waals surface area contributed by atoms with Crippen molar-refractivity contribution in [3.63, 3.8) is 0 Å². The molecule has 0 bridgehead atoms. The number of carbonyl (C=O) groups is 2. The zero-order valence-electron chi connectivity index (χ0n) is 12.5. The summed E-state index contributed by atoms with van der Waals surface area (Å²) in [6.45, 7) is 3.74. The lowest BCUT2D eigenvalue weighted by Gasteiger charge is -2.10. The molecule has 0 aliphatic heterocycles. The molecule has 0 aliphatic rings. The van der Waals surface area contributed by atoms with E-state index < -0.39 is 5.97 Å². The first kappa shape index (κ1) is 15.6. The van der Waals surface area contributed by atoms with E-state index in [1.165, 1.54) is 6.92 Å². The van der Waals surface area contributed by atoms with Gasteiger partial charge in [-0.3, -0.25) is 4.79 Å². The van der Waals surface area contributed by atoms with E-state index in [1.54, 1.807) is 48.5 Å². The van der Waals surface area contributed by atoms with Gasteiger partial charge < -0.3 is 14.8 Å². The quantitative estimate of drug-likeness (QED) is 0.680. The molecule has 0 spiro atoms. The van der Waals surface area contributed by atoms with Crippen LogP contribution in [0.25, 0.3) is 0 Å². The molecule has 2 rings (SSSR count). The largest absolute Gasteiger partial charge is 0.490 e. The highest BCUT2D eigenvalue weighted by molar-refractivity contribution is 5.94. The van der Waals surface area contributed by atoms with Crippen LogP contribution in [0.15, 0.2) is 48.5 Å². The zero-order valence-corrected chi connectivity index (χ0v) is 12.5. The molecule has 2 aromatic rings. The Bertz CT molecular complexity index is 682. The second kappa shape index (κ2) is 7.26. The number of ether oxygens (including phenoxy) is 2. The number of nitrogens with one attached hydrogen (secondary N) is 1. The summed E-state index contributed by atoms with van der Waals surface area (Å²) in [5, 5.41) is 2.62. The van der Waals surface area contributed by atoms with Gasteiger partial charge in [0.15, 0.2) is 11.5 Å². The Morgan fingerprint density at radius 1 is 1.05 bits per heavy atom. The van der Waals surface area contributed by atoms with Gasteiger partial charge >= 0.3 is 5.97 Å². The molecule has 0 fully saturated rings. The van der Waals surface area contributed by atoms with Gasteiger partial charge in [0, 0.05) is 12.6 Å². The Balaban J connectivity index is 2.17. The van der Waals surface area contributed by atoms with Crippen LogP contribution in [0.4, 0.5) is 5.69 Å². The molecule has 0 saturated heterocycles. The lowest BCUT2D eigenvalue weighted by Crippen LogP contribution is -2.11. The highest BCUT2D eigenvalue weighted by Gasteiger charge is 2.12. The first-order chi connectivity index (χ1) is 10.6. The number of rotatable bonds is 5. The average molecular weight is 299 g/mol. The topological polar surface area (TPSA) is 64.6 Å². The fourth-order valence-corrected chi connectivity index (χ4v) is 1.90. The third-order valence-corrected chi connectivity index (χ3v) is 2.77. The number of hydrogen-bond acceptors (Lipinski definition) is 4. The van der Waals surface area contributed by atoms with Gasteiger partial charge in [0.25, 0.3) is 0 Å². The standard InChI is InChI=1S/C17H17NO4/c1-3-21-15-9-4-5-10-16(15)22-17(20)13-7-6-8-14(11-13)18-12(2)19/h4-11H,3H2,1-2H3,(H,18,19). The van der Waals surface area contributed by atoms with Crippen LogP contribution in [0.2, 0.25) is 0 Å². The Hall–Kier alpha value is -2.82. The lowest BCUT2D eigenvalue weighted by atomic mass is 10.2. The zero-order chi connectivity index (χ0) is 15.9. The number of para-hydroxylation sites is 2. The predicted octanol–water partition coefficient (Wildman–Crippen LogP) is 3.26. The van der Waals surface area contributed by atoms with Crippen molar-refractivity contribution in [2.75, 3.05) is 11.9 Å². The highest BCUT2D eigenvalue weighted by Crippen LogP contribution is 2.27. The van der Waals surface area contributed by atoms with Crippen LogP contribution < -0.4 is 14.8 Å². The van der Waals surface area contributed by atoms with E-state index in [0.29, 0.717) is 29.4 Å². The maximum atomic E-state index is 12.2. The Kier molecular flexibility index (Phi) is 5.14. The second-order valence-corrected chi connectivity index (χ2v) is 4.53. The van der Waals surface area contributed by atoms with Crippen molar-refractivity contribution in [3.8, 4) is 11.5 Å². The summed E-state index contributed by atoms with van der Waals surface area (Å²) in [6.07, 6.45) is 0. The highest BCUT2D eigenvalue weighted by atomic mass is 16.6. The van der Waals surface area contributed by atoms with Crippen molar-refractivity contribution in [1.29, 1.82) is 0 Å². The molecule has 0 aliphatic carbocycles. The summed E-state index contributed by atoms with van der Waals surface area (Å²) >= 11 is 0. The van der Waals surface area contributed by atoms with Gasteiger partial charge in [-0.15, -0.1) is 0 Å². The Morgan fingerprint density at radius 3 is 2.45 bits per heavy atom. The van der Waals surface area contributed by atoms with Crippen molar-refractivity contribution < 1.29 is 19.1 Å². The van der Waals surface area contributed by atoms with Crippen LogP contribution >= 0.6 is 0 Å². The normalized spacial score (nSPS) is 9.91. The van der Waals surface area contributed by atoms with E-state index in [0.717, 1.165) is 0 Å². The monoisotopic (exact) mass is 299 g/mol. The van der Waals surface area contributed by atoms with Gasteiger partial charge in [-0.25, -0.2) is 4.79 Å². The SMILES string of the molecule is CCOc1ccccc1OC(=O)c1cccc(NC(C)=O)c1. The van der Waals surface area contributed by atoms with Crippen molar-refractivity contribution in [2.24, 2.45) is 0 Å². The minimum Gasteiger partial charge on any atom is -0.490 e. The molecule has 2 aromatic carbocycles. The average Bonchev–Trinajstić information content (AvgIpc) is 2.49. The maximum absolute atomic E-state index is 12.2. The molecule has 5 nitrogen and oxygen atoms in total. The van der Waals surface area contributed by atoms with Crippen molar-refractivity contribution in [2.45, 2.75) is 13.8 Å². The van der Waals surface area contributed by atoms with E-state index in [9.17, 15) is 9.59 Å². The molecule has 0 saturated carbocycles. The second-order valence-electron chi connectivity index (χ2n) is 4.53. The van der Waals surface area contributed by atoms with Crippen LogP contribution in [0.1, 0.15) is 24.2 Å². The van der Waals surface area contributed by atoms with Crippen LogP contribution in [0, 0.1) is 0 Å². The summed E-state index contributed by atoms with van der Waals surface area (Å²) in [4.78, 5) is 23.3. The van der Waals surface area contributed by atoms with Gasteiger partial charge in [0.1, 0.15) is 0 Å². The van der Waals surface area contributed by atoms with Gasteiger partial charge in [-0.1, -0.05) is 18.2 Å². The smallest absolute Gasteiger partial charge is 0.343 e. The van der Waals surface area contributed by atoms with E-state index in [4.69, 9.17) is 9.47 Å². The summed E-state index contributed by atoms with van der Waals surface area (Å²) in [6, 6.07) is 13.5. The first-order valence-corrected chi connectivity index (χ1v) is 6.92. The van der Waals surface area contributed by atoms with Crippen molar-refractivity contribution in [1.82, 2.24) is 0 Å². The van der Waals surface area contributed by atoms with Gasteiger partial charge in [0.2, 0.25) is 5.91 Å². The maximum Gasteiger partial charge on any atom is 0.343 e. The summed E-state index contributed by atoms with van der Waals surface area (Å²) in [5.74, 6) is 0.155. The molecule has 0 heterocycles. The van der Waals surface area contributed by atoms with Gasteiger partial charge in [0.05, 0.1) is 12.2 Å². The fraction of sp³-hybridized carbons (Fsp3) is 0.176. The minimum atomic E-state index is -0.514. The predicted molar refractivity (Wildman–Crippen MR) is 83.3 cm³/mol. The molecular formula is C17H17NO4. The minimum absolute atomic E-state index is 0.202. The Labute approximate surface area is 128 Å². The third kappa shape index (κ3) is 4.09. The lowest BCUT2D eigenvalue weighted by molar-refractivity contribution is -0.114. The number of anilines is 1. The summed E-state index contributed by atoms with van der Waals surface area (Å²) < 4.78 is 10.8. The molecular weight excluding hydrogens is 282 g/mol. The molecule has 1 amide bonds. The molecule has 22 heavy (non-hydrogen) atoms. The first-order valence-electron chi connectivity index (χ1n) is 6.92. The van der Waals surface area contributed by atoms with E-state index in [-0.39, 0.29) is 5.91 Å².